The van der Waals surface area contributed by atoms with E-state index in [1.807, 2.05) is 0 Å². The summed E-state index contributed by atoms with van der Waals surface area (Å²) >= 11 is 0. The lowest BCUT2D eigenvalue weighted by Crippen LogP contribution is -2.43. The fraction of sp³-hybridized carbons (Fsp3) is 0.467. The van der Waals surface area contributed by atoms with Crippen LogP contribution in [0, 0.1) is 0 Å². The van der Waals surface area contributed by atoms with Gasteiger partial charge in [0, 0.05) is 13.6 Å². The van der Waals surface area contributed by atoms with Crippen LogP contribution in [0.25, 0.3) is 0 Å². The Balaban J connectivity index is 2.93. The van der Waals surface area contributed by atoms with Crippen molar-refractivity contribution in [3.8, 4) is 0 Å². The number of amides is 1. The first kappa shape index (κ1) is 21.9. The Morgan fingerprint density at radius 1 is 1.12 bits per heavy atom. The number of aliphatic carboxylic acids is 1. The SMILES string of the molecule is CCS(=O)(=O)N(C)CC(=O)N(CC(=O)O)Cc1ccc(C(F)(F)F)cc1. The molecule has 1 rings (SSSR count). The van der Waals surface area contributed by atoms with Crippen LogP contribution in [-0.2, 0) is 32.3 Å². The number of benzene rings is 1. The normalized spacial score (nSPS) is 12.2. The van der Waals surface area contributed by atoms with Crippen molar-refractivity contribution in [2.45, 2.75) is 19.6 Å². The number of carbonyl (C=O) groups is 2. The van der Waals surface area contributed by atoms with Crippen molar-refractivity contribution >= 4 is 21.9 Å². The number of carbonyl (C=O) groups excluding carboxylic acids is 1. The van der Waals surface area contributed by atoms with Gasteiger partial charge in [0.25, 0.3) is 0 Å². The molecule has 0 unspecified atom stereocenters. The molecular weight excluding hydrogens is 377 g/mol. The van der Waals surface area contributed by atoms with E-state index in [-0.39, 0.29) is 17.9 Å². The highest BCUT2D eigenvalue weighted by atomic mass is 32.2. The first-order chi connectivity index (χ1) is 11.9. The molecule has 0 aliphatic heterocycles. The summed E-state index contributed by atoms with van der Waals surface area (Å²) in [4.78, 5) is 24.1. The second-order valence-electron chi connectivity index (χ2n) is 5.49. The Hall–Kier alpha value is -2.14. The predicted molar refractivity (Wildman–Crippen MR) is 86.6 cm³/mol. The highest BCUT2D eigenvalue weighted by Crippen LogP contribution is 2.29. The van der Waals surface area contributed by atoms with Gasteiger partial charge in [-0.05, 0) is 24.6 Å². The largest absolute Gasteiger partial charge is 0.480 e. The van der Waals surface area contributed by atoms with Gasteiger partial charge in [0.05, 0.1) is 17.9 Å². The van der Waals surface area contributed by atoms with Gasteiger partial charge in [-0.25, -0.2) is 8.42 Å². The van der Waals surface area contributed by atoms with E-state index in [0.29, 0.717) is 0 Å². The lowest BCUT2D eigenvalue weighted by Gasteiger charge is -2.24. The second kappa shape index (κ2) is 8.49. The maximum atomic E-state index is 12.6. The molecule has 146 valence electrons. The van der Waals surface area contributed by atoms with E-state index in [4.69, 9.17) is 5.11 Å². The number of likely N-dealkylation sites (N-methyl/N-ethyl adjacent to an activating group) is 1. The number of carboxylic acid groups (broad SMARTS) is 1. The first-order valence-electron chi connectivity index (χ1n) is 7.46. The standard InChI is InChI=1S/C15H19F3N2O5S/c1-3-26(24,25)19(2)9-13(21)20(10-14(22)23)8-11-4-6-12(7-5-11)15(16,17)18/h4-7H,3,8-10H2,1-2H3,(H,22,23). The van der Waals surface area contributed by atoms with Crippen LogP contribution >= 0.6 is 0 Å². The van der Waals surface area contributed by atoms with Gasteiger partial charge in [-0.1, -0.05) is 12.1 Å². The molecule has 0 aromatic heterocycles. The predicted octanol–water partition coefficient (Wildman–Crippen LogP) is 1.40. The number of nitrogens with zero attached hydrogens (tertiary/aromatic N) is 2. The van der Waals surface area contributed by atoms with Crippen molar-refractivity contribution in [2.24, 2.45) is 0 Å². The smallest absolute Gasteiger partial charge is 0.416 e. The highest BCUT2D eigenvalue weighted by Gasteiger charge is 2.30. The average molecular weight is 396 g/mol. The summed E-state index contributed by atoms with van der Waals surface area (Å²) in [5, 5.41) is 8.93. The molecule has 11 heteroatoms. The van der Waals surface area contributed by atoms with Crippen LogP contribution in [0.3, 0.4) is 0 Å². The molecule has 0 saturated heterocycles. The molecule has 0 saturated carbocycles. The van der Waals surface area contributed by atoms with E-state index < -0.39 is 46.7 Å². The number of hydrogen-bond donors (Lipinski definition) is 1. The molecule has 0 atom stereocenters. The summed E-state index contributed by atoms with van der Waals surface area (Å²) in [6.45, 7) is -0.138. The number of carboxylic acids is 1. The molecule has 7 nitrogen and oxygen atoms in total. The zero-order valence-electron chi connectivity index (χ0n) is 14.2. The molecule has 1 aromatic carbocycles. The second-order valence-corrected chi connectivity index (χ2v) is 7.86. The van der Waals surface area contributed by atoms with Crippen LogP contribution < -0.4 is 0 Å². The van der Waals surface area contributed by atoms with E-state index in [9.17, 15) is 31.2 Å². The fourth-order valence-electron chi connectivity index (χ4n) is 2.02. The van der Waals surface area contributed by atoms with Crippen molar-refractivity contribution in [2.75, 3.05) is 25.9 Å². The third-order valence-electron chi connectivity index (χ3n) is 3.53. The molecule has 26 heavy (non-hydrogen) atoms. The maximum absolute atomic E-state index is 12.6. The fourth-order valence-corrected chi connectivity index (χ4v) is 2.77. The van der Waals surface area contributed by atoms with Crippen LogP contribution in [0.2, 0.25) is 0 Å². The van der Waals surface area contributed by atoms with Crippen molar-refractivity contribution in [3.05, 3.63) is 35.4 Å². The van der Waals surface area contributed by atoms with Gasteiger partial charge in [0.1, 0.15) is 6.54 Å². The minimum atomic E-state index is -4.51. The Morgan fingerprint density at radius 3 is 2.08 bits per heavy atom. The summed E-state index contributed by atoms with van der Waals surface area (Å²) in [7, 11) is -2.45. The van der Waals surface area contributed by atoms with Crippen molar-refractivity contribution in [1.82, 2.24) is 9.21 Å². The van der Waals surface area contributed by atoms with Gasteiger partial charge in [-0.2, -0.15) is 17.5 Å². The molecule has 1 N–H and O–H groups in total. The lowest BCUT2D eigenvalue weighted by atomic mass is 10.1. The molecule has 0 aliphatic carbocycles. The molecular formula is C15H19F3N2O5S. The lowest BCUT2D eigenvalue weighted by molar-refractivity contribution is -0.144. The topological polar surface area (TPSA) is 95.0 Å². The van der Waals surface area contributed by atoms with Crippen molar-refractivity contribution < 1.29 is 36.3 Å². The molecule has 0 radical (unpaired) electrons. The summed E-state index contributed by atoms with van der Waals surface area (Å²) in [5.74, 6) is -2.33. The van der Waals surface area contributed by atoms with Crippen LogP contribution in [0.5, 0.6) is 0 Å². The highest BCUT2D eigenvalue weighted by molar-refractivity contribution is 7.89. The van der Waals surface area contributed by atoms with E-state index in [1.54, 1.807) is 0 Å². The van der Waals surface area contributed by atoms with Gasteiger partial charge in [-0.3, -0.25) is 9.59 Å². The maximum Gasteiger partial charge on any atom is 0.416 e. The molecule has 0 spiro atoms. The van der Waals surface area contributed by atoms with Gasteiger partial charge >= 0.3 is 12.1 Å². The Morgan fingerprint density at radius 2 is 1.65 bits per heavy atom. The molecule has 1 aromatic rings. The van der Waals surface area contributed by atoms with Crippen LogP contribution in [-0.4, -0.2) is 60.5 Å². The minimum Gasteiger partial charge on any atom is -0.480 e. The van der Waals surface area contributed by atoms with Gasteiger partial charge < -0.3 is 10.0 Å². The summed E-state index contributed by atoms with van der Waals surface area (Å²) < 4.78 is 61.9. The summed E-state index contributed by atoms with van der Waals surface area (Å²) in [6.07, 6.45) is -4.51. The van der Waals surface area contributed by atoms with Gasteiger partial charge in [0.15, 0.2) is 0 Å². The zero-order valence-corrected chi connectivity index (χ0v) is 15.0. The van der Waals surface area contributed by atoms with E-state index in [0.717, 1.165) is 33.5 Å². The van der Waals surface area contributed by atoms with Crippen molar-refractivity contribution in [1.29, 1.82) is 0 Å². The third kappa shape index (κ3) is 6.30. The van der Waals surface area contributed by atoms with E-state index in [1.165, 1.54) is 14.0 Å². The summed E-state index contributed by atoms with van der Waals surface area (Å²) in [5.41, 5.74) is -0.584. The average Bonchev–Trinajstić information content (AvgIpc) is 2.53. The number of alkyl halides is 3. The minimum absolute atomic E-state index is 0.228. The monoisotopic (exact) mass is 396 g/mol. The van der Waals surface area contributed by atoms with Crippen LogP contribution in [0.1, 0.15) is 18.1 Å². The molecule has 0 aliphatic rings. The van der Waals surface area contributed by atoms with Crippen LogP contribution in [0.4, 0.5) is 13.2 Å². The number of halogens is 3. The first-order valence-corrected chi connectivity index (χ1v) is 9.07. The summed E-state index contributed by atoms with van der Waals surface area (Å²) in [6, 6.07) is 3.92. The molecule has 0 bridgehead atoms. The molecule has 1 amide bonds. The molecule has 0 fully saturated rings. The zero-order chi connectivity index (χ0) is 20.1. The van der Waals surface area contributed by atoms with Gasteiger partial charge in [-0.15, -0.1) is 0 Å². The quantitative estimate of drug-likeness (QED) is 0.717. The number of sulfonamides is 1. The van der Waals surface area contributed by atoms with Gasteiger partial charge in [0.2, 0.25) is 15.9 Å². The Bertz CT molecular complexity index is 748. The third-order valence-corrected chi connectivity index (χ3v) is 5.34. The van der Waals surface area contributed by atoms with Crippen LogP contribution in [0.15, 0.2) is 24.3 Å². The van der Waals surface area contributed by atoms with Crippen molar-refractivity contribution in [3.63, 3.8) is 0 Å². The number of hydrogen-bond acceptors (Lipinski definition) is 4. The Labute approximate surface area is 149 Å². The molecule has 0 heterocycles. The number of rotatable bonds is 8. The Kier molecular flexibility index (Phi) is 7.16. The van der Waals surface area contributed by atoms with E-state index in [2.05, 4.69) is 0 Å². The van der Waals surface area contributed by atoms with E-state index >= 15 is 0 Å².